The fourth-order valence-electron chi connectivity index (χ4n) is 1.32. The lowest BCUT2D eigenvalue weighted by Gasteiger charge is -2.06. The van der Waals surface area contributed by atoms with Crippen LogP contribution < -0.4 is 0 Å². The SMILES string of the molecule is C[C@H](c1ccccc1)[C@@H]1CO1. The standard InChI is InChI=1S/C10H12O/c1-8(10-7-11-10)9-5-3-2-4-6-9/h2-6,8,10H,7H2,1H3/t8-,10+/m1/s1. The van der Waals surface area contributed by atoms with Crippen molar-refractivity contribution < 1.29 is 4.74 Å². The number of epoxide rings is 1. The molecule has 1 heterocycles. The van der Waals surface area contributed by atoms with Crippen molar-refractivity contribution in [1.29, 1.82) is 0 Å². The largest absolute Gasteiger partial charge is 0.372 e. The molecule has 0 N–H and O–H groups in total. The molecule has 11 heavy (non-hydrogen) atoms. The Morgan fingerprint density at radius 1 is 1.36 bits per heavy atom. The Kier molecular flexibility index (Phi) is 1.66. The Hall–Kier alpha value is -0.820. The van der Waals surface area contributed by atoms with Crippen LogP contribution in [0.1, 0.15) is 18.4 Å². The zero-order valence-electron chi connectivity index (χ0n) is 6.66. The van der Waals surface area contributed by atoms with Gasteiger partial charge in [0.25, 0.3) is 0 Å². The zero-order valence-corrected chi connectivity index (χ0v) is 6.66. The highest BCUT2D eigenvalue weighted by molar-refractivity contribution is 5.20. The molecule has 1 aromatic rings. The number of ether oxygens (including phenoxy) is 1. The summed E-state index contributed by atoms with van der Waals surface area (Å²) in [7, 11) is 0. The number of benzene rings is 1. The highest BCUT2D eigenvalue weighted by atomic mass is 16.6. The third kappa shape index (κ3) is 1.43. The van der Waals surface area contributed by atoms with E-state index < -0.39 is 0 Å². The maximum absolute atomic E-state index is 5.22. The minimum Gasteiger partial charge on any atom is -0.372 e. The topological polar surface area (TPSA) is 12.5 Å². The second-order valence-corrected chi connectivity index (χ2v) is 3.07. The molecule has 2 atom stereocenters. The molecular weight excluding hydrogens is 136 g/mol. The summed E-state index contributed by atoms with van der Waals surface area (Å²) in [6.45, 7) is 3.16. The number of hydrogen-bond acceptors (Lipinski definition) is 1. The van der Waals surface area contributed by atoms with Gasteiger partial charge in [0, 0.05) is 5.92 Å². The zero-order chi connectivity index (χ0) is 7.68. The molecule has 58 valence electrons. The molecule has 1 aliphatic heterocycles. The van der Waals surface area contributed by atoms with Gasteiger partial charge in [-0.3, -0.25) is 0 Å². The fourth-order valence-corrected chi connectivity index (χ4v) is 1.32. The number of hydrogen-bond donors (Lipinski definition) is 0. The molecule has 1 fully saturated rings. The van der Waals surface area contributed by atoms with Gasteiger partial charge in [-0.05, 0) is 5.56 Å². The predicted molar refractivity (Wildman–Crippen MR) is 44.6 cm³/mol. The van der Waals surface area contributed by atoms with E-state index in [9.17, 15) is 0 Å². The minimum atomic E-state index is 0.484. The Balaban J connectivity index is 2.15. The summed E-state index contributed by atoms with van der Waals surface area (Å²) >= 11 is 0. The number of rotatable bonds is 2. The van der Waals surface area contributed by atoms with Gasteiger partial charge in [-0.1, -0.05) is 37.3 Å². The molecule has 1 saturated heterocycles. The van der Waals surface area contributed by atoms with E-state index in [0.29, 0.717) is 12.0 Å². The van der Waals surface area contributed by atoms with E-state index in [-0.39, 0.29) is 0 Å². The van der Waals surface area contributed by atoms with E-state index in [4.69, 9.17) is 4.74 Å². The lowest BCUT2D eigenvalue weighted by atomic mass is 9.99. The Labute approximate surface area is 67.0 Å². The lowest BCUT2D eigenvalue weighted by Crippen LogP contribution is -2.00. The van der Waals surface area contributed by atoms with Crippen molar-refractivity contribution in [2.75, 3.05) is 6.61 Å². The smallest absolute Gasteiger partial charge is 0.0875 e. The van der Waals surface area contributed by atoms with E-state index >= 15 is 0 Å². The molecule has 1 heteroatoms. The maximum atomic E-state index is 5.22. The van der Waals surface area contributed by atoms with Crippen LogP contribution in [-0.2, 0) is 4.74 Å². The van der Waals surface area contributed by atoms with Gasteiger partial charge in [0.2, 0.25) is 0 Å². The first-order valence-corrected chi connectivity index (χ1v) is 4.04. The van der Waals surface area contributed by atoms with Crippen LogP contribution in [0.5, 0.6) is 0 Å². The van der Waals surface area contributed by atoms with Gasteiger partial charge in [0.05, 0.1) is 12.7 Å². The van der Waals surface area contributed by atoms with E-state index in [1.807, 2.05) is 6.07 Å². The summed E-state index contributed by atoms with van der Waals surface area (Å²) in [5, 5.41) is 0. The van der Waals surface area contributed by atoms with Crippen molar-refractivity contribution in [3.8, 4) is 0 Å². The van der Waals surface area contributed by atoms with Crippen molar-refractivity contribution in [2.24, 2.45) is 0 Å². The van der Waals surface area contributed by atoms with Crippen LogP contribution in [0.25, 0.3) is 0 Å². The summed E-state index contributed by atoms with van der Waals surface area (Å²) in [6, 6.07) is 10.5. The normalized spacial score (nSPS) is 24.6. The molecule has 0 unspecified atom stereocenters. The highest BCUT2D eigenvalue weighted by Crippen LogP contribution is 2.28. The van der Waals surface area contributed by atoms with Gasteiger partial charge in [-0.15, -0.1) is 0 Å². The van der Waals surface area contributed by atoms with Gasteiger partial charge in [-0.2, -0.15) is 0 Å². The van der Waals surface area contributed by atoms with Crippen LogP contribution in [0.4, 0.5) is 0 Å². The van der Waals surface area contributed by atoms with Crippen LogP contribution in [-0.4, -0.2) is 12.7 Å². The van der Waals surface area contributed by atoms with E-state index in [1.54, 1.807) is 0 Å². The molecule has 0 aromatic heterocycles. The average Bonchev–Trinajstić information content (AvgIpc) is 2.87. The fraction of sp³-hybridized carbons (Fsp3) is 0.400. The first-order valence-electron chi connectivity index (χ1n) is 4.04. The quantitative estimate of drug-likeness (QED) is 0.586. The molecule has 0 bridgehead atoms. The minimum absolute atomic E-state index is 0.484. The van der Waals surface area contributed by atoms with Crippen molar-refractivity contribution in [1.82, 2.24) is 0 Å². The molecule has 2 rings (SSSR count). The molecule has 0 saturated carbocycles. The maximum Gasteiger partial charge on any atom is 0.0875 e. The van der Waals surface area contributed by atoms with Crippen molar-refractivity contribution in [3.63, 3.8) is 0 Å². The second kappa shape index (κ2) is 2.67. The second-order valence-electron chi connectivity index (χ2n) is 3.07. The summed E-state index contributed by atoms with van der Waals surface area (Å²) in [5.74, 6) is 0.566. The third-order valence-corrected chi connectivity index (χ3v) is 2.24. The Bertz CT molecular complexity index is 226. The van der Waals surface area contributed by atoms with Gasteiger partial charge < -0.3 is 4.74 Å². The van der Waals surface area contributed by atoms with Crippen molar-refractivity contribution >= 4 is 0 Å². The molecule has 0 amide bonds. The van der Waals surface area contributed by atoms with E-state index in [2.05, 4.69) is 31.2 Å². The van der Waals surface area contributed by atoms with Gasteiger partial charge >= 0.3 is 0 Å². The molecular formula is C10H12O. The Morgan fingerprint density at radius 2 is 2.00 bits per heavy atom. The first-order chi connectivity index (χ1) is 5.38. The van der Waals surface area contributed by atoms with Gasteiger partial charge in [-0.25, -0.2) is 0 Å². The lowest BCUT2D eigenvalue weighted by molar-refractivity contribution is 0.382. The van der Waals surface area contributed by atoms with Crippen LogP contribution in [0.2, 0.25) is 0 Å². The summed E-state index contributed by atoms with van der Waals surface area (Å²) in [4.78, 5) is 0. The van der Waals surface area contributed by atoms with E-state index in [0.717, 1.165) is 6.61 Å². The summed E-state index contributed by atoms with van der Waals surface area (Å²) in [5.41, 5.74) is 1.38. The predicted octanol–water partition coefficient (Wildman–Crippen LogP) is 2.19. The highest BCUT2D eigenvalue weighted by Gasteiger charge is 2.29. The molecule has 0 spiro atoms. The van der Waals surface area contributed by atoms with E-state index in [1.165, 1.54) is 5.56 Å². The van der Waals surface area contributed by atoms with Gasteiger partial charge in [0.15, 0.2) is 0 Å². The summed E-state index contributed by atoms with van der Waals surface area (Å²) < 4.78 is 5.22. The molecule has 0 aliphatic carbocycles. The molecule has 1 nitrogen and oxygen atoms in total. The molecule has 1 aromatic carbocycles. The van der Waals surface area contributed by atoms with Crippen LogP contribution in [0, 0.1) is 0 Å². The summed E-state index contributed by atoms with van der Waals surface area (Å²) in [6.07, 6.45) is 0.484. The van der Waals surface area contributed by atoms with Crippen LogP contribution in [0.15, 0.2) is 30.3 Å². The van der Waals surface area contributed by atoms with Crippen LogP contribution >= 0.6 is 0 Å². The monoisotopic (exact) mass is 148 g/mol. The average molecular weight is 148 g/mol. The third-order valence-electron chi connectivity index (χ3n) is 2.24. The van der Waals surface area contributed by atoms with Gasteiger partial charge in [0.1, 0.15) is 0 Å². The van der Waals surface area contributed by atoms with Crippen molar-refractivity contribution in [2.45, 2.75) is 18.9 Å². The van der Waals surface area contributed by atoms with Crippen molar-refractivity contribution in [3.05, 3.63) is 35.9 Å². The Morgan fingerprint density at radius 3 is 2.55 bits per heavy atom. The molecule has 0 radical (unpaired) electrons. The molecule has 1 aliphatic rings. The van der Waals surface area contributed by atoms with Crippen LogP contribution in [0.3, 0.4) is 0 Å². The first kappa shape index (κ1) is 6.86.